The number of benzene rings is 1. The number of fused-ring (bicyclic) bond motifs is 1. The van der Waals surface area contributed by atoms with Gasteiger partial charge < -0.3 is 14.8 Å². The molecule has 2 N–H and O–H groups in total. The van der Waals surface area contributed by atoms with Gasteiger partial charge in [0.15, 0.2) is 0 Å². The van der Waals surface area contributed by atoms with Gasteiger partial charge in [-0.15, -0.1) is 0 Å². The number of imidazole rings is 1. The second kappa shape index (κ2) is 5.85. The Morgan fingerprint density at radius 2 is 1.95 bits per heavy atom. The molecule has 0 fully saturated rings. The zero-order valence-corrected chi connectivity index (χ0v) is 11.7. The highest BCUT2D eigenvalue weighted by molar-refractivity contribution is 5.92. The molecule has 2 heterocycles. The lowest BCUT2D eigenvalue weighted by Gasteiger charge is -2.03. The normalized spacial score (nSPS) is 10.8. The number of aromatic hydroxyl groups is 1. The van der Waals surface area contributed by atoms with Crippen molar-refractivity contribution in [1.82, 2.24) is 14.7 Å². The van der Waals surface area contributed by atoms with Crippen LogP contribution in [0.1, 0.15) is 16.1 Å². The van der Waals surface area contributed by atoms with Crippen molar-refractivity contribution in [3.8, 4) is 5.75 Å². The fourth-order valence-electron chi connectivity index (χ4n) is 2.15. The molecule has 3 aromatic rings. The molecular formula is C16H14FN3O2. The summed E-state index contributed by atoms with van der Waals surface area (Å²) in [6.45, 7) is 0.450. The maximum absolute atomic E-state index is 13.1. The molecule has 0 bridgehead atoms. The molecule has 3 rings (SSSR count). The topological polar surface area (TPSA) is 66.6 Å². The van der Waals surface area contributed by atoms with Crippen LogP contribution in [0.2, 0.25) is 0 Å². The molecule has 0 saturated heterocycles. The molecule has 0 spiro atoms. The third-order valence-electron chi connectivity index (χ3n) is 3.28. The van der Waals surface area contributed by atoms with Crippen molar-refractivity contribution in [3.05, 3.63) is 65.9 Å². The molecule has 112 valence electrons. The number of pyridine rings is 1. The molecule has 0 aliphatic heterocycles. The van der Waals surface area contributed by atoms with Gasteiger partial charge in [0, 0.05) is 18.9 Å². The average Bonchev–Trinajstić information content (AvgIpc) is 2.92. The maximum Gasteiger partial charge on any atom is 0.271 e. The first-order valence-corrected chi connectivity index (χ1v) is 6.82. The van der Waals surface area contributed by atoms with Crippen LogP contribution in [0.15, 0.2) is 48.8 Å². The van der Waals surface area contributed by atoms with Crippen LogP contribution in [0.4, 0.5) is 4.39 Å². The number of carbonyl (C=O) groups excluding carboxylic acids is 1. The Morgan fingerprint density at radius 1 is 1.18 bits per heavy atom. The highest BCUT2D eigenvalue weighted by Crippen LogP contribution is 2.10. The molecule has 0 unspecified atom stereocenters. The molecule has 1 aromatic carbocycles. The van der Waals surface area contributed by atoms with Gasteiger partial charge in [0.1, 0.15) is 22.9 Å². The second-order valence-corrected chi connectivity index (χ2v) is 4.91. The van der Waals surface area contributed by atoms with E-state index >= 15 is 0 Å². The zero-order chi connectivity index (χ0) is 15.5. The number of hydrogen-bond acceptors (Lipinski definition) is 3. The fraction of sp³-hybridized carbons (Fsp3) is 0.125. The Kier molecular flexibility index (Phi) is 3.74. The van der Waals surface area contributed by atoms with Crippen LogP contribution in [0, 0.1) is 5.82 Å². The standard InChI is InChI=1S/C16H14FN3O2/c17-12-3-6-15-19-14(10-20(15)9-12)16(22)18-8-7-11-1-4-13(21)5-2-11/h1-6,9-10,21H,7-8H2,(H,18,22). The minimum atomic E-state index is -0.385. The van der Waals surface area contributed by atoms with Crippen molar-refractivity contribution in [2.24, 2.45) is 0 Å². The molecule has 0 aliphatic carbocycles. The molecule has 5 nitrogen and oxygen atoms in total. The van der Waals surface area contributed by atoms with E-state index in [1.807, 2.05) is 0 Å². The van der Waals surface area contributed by atoms with Crippen molar-refractivity contribution in [2.45, 2.75) is 6.42 Å². The van der Waals surface area contributed by atoms with Gasteiger partial charge in [0.05, 0.1) is 0 Å². The number of nitrogens with zero attached hydrogens (tertiary/aromatic N) is 2. The van der Waals surface area contributed by atoms with Crippen molar-refractivity contribution in [1.29, 1.82) is 0 Å². The lowest BCUT2D eigenvalue weighted by atomic mass is 10.1. The van der Waals surface area contributed by atoms with Crippen molar-refractivity contribution < 1.29 is 14.3 Å². The minimum Gasteiger partial charge on any atom is -0.508 e. The lowest BCUT2D eigenvalue weighted by Crippen LogP contribution is -2.25. The van der Waals surface area contributed by atoms with E-state index in [-0.39, 0.29) is 23.2 Å². The van der Waals surface area contributed by atoms with E-state index in [4.69, 9.17) is 0 Å². The predicted molar refractivity (Wildman–Crippen MR) is 79.3 cm³/mol. The minimum absolute atomic E-state index is 0.213. The fourth-order valence-corrected chi connectivity index (χ4v) is 2.15. The molecule has 0 aliphatic rings. The van der Waals surface area contributed by atoms with Crippen molar-refractivity contribution in [2.75, 3.05) is 6.54 Å². The molecule has 1 amide bonds. The van der Waals surface area contributed by atoms with Gasteiger partial charge in [0.25, 0.3) is 5.91 Å². The number of hydrogen-bond donors (Lipinski definition) is 2. The summed E-state index contributed by atoms with van der Waals surface area (Å²) >= 11 is 0. The van der Waals surface area contributed by atoms with E-state index in [1.54, 1.807) is 24.3 Å². The number of phenols is 1. The van der Waals surface area contributed by atoms with E-state index in [9.17, 15) is 14.3 Å². The number of halogens is 1. The van der Waals surface area contributed by atoms with Gasteiger partial charge in [-0.1, -0.05) is 12.1 Å². The predicted octanol–water partition coefficient (Wildman–Crippen LogP) is 2.15. The summed E-state index contributed by atoms with van der Waals surface area (Å²) in [6.07, 6.45) is 3.41. The summed E-state index contributed by atoms with van der Waals surface area (Å²) in [5.41, 5.74) is 1.77. The number of amides is 1. The van der Waals surface area contributed by atoms with Crippen LogP contribution in [0.5, 0.6) is 5.75 Å². The summed E-state index contributed by atoms with van der Waals surface area (Å²) in [5.74, 6) is -0.475. The number of nitrogens with one attached hydrogen (secondary N) is 1. The van der Waals surface area contributed by atoms with E-state index in [2.05, 4.69) is 10.3 Å². The van der Waals surface area contributed by atoms with E-state index in [0.717, 1.165) is 5.56 Å². The first kappa shape index (κ1) is 14.1. The molecule has 2 aromatic heterocycles. The van der Waals surface area contributed by atoms with Crippen LogP contribution in [0.3, 0.4) is 0 Å². The smallest absolute Gasteiger partial charge is 0.271 e. The van der Waals surface area contributed by atoms with Gasteiger partial charge in [-0.3, -0.25) is 4.79 Å². The van der Waals surface area contributed by atoms with Crippen molar-refractivity contribution in [3.63, 3.8) is 0 Å². The summed E-state index contributed by atoms with van der Waals surface area (Å²) in [4.78, 5) is 16.2. The molecule has 22 heavy (non-hydrogen) atoms. The Bertz CT molecular complexity index is 812. The lowest BCUT2D eigenvalue weighted by molar-refractivity contribution is 0.0949. The van der Waals surface area contributed by atoms with Gasteiger partial charge in [-0.25, -0.2) is 9.37 Å². The Labute approximate surface area is 126 Å². The third-order valence-corrected chi connectivity index (χ3v) is 3.28. The van der Waals surface area contributed by atoms with E-state index < -0.39 is 0 Å². The highest BCUT2D eigenvalue weighted by atomic mass is 19.1. The van der Waals surface area contributed by atoms with Gasteiger partial charge >= 0.3 is 0 Å². The van der Waals surface area contributed by atoms with Crippen LogP contribution in [0.25, 0.3) is 5.65 Å². The highest BCUT2D eigenvalue weighted by Gasteiger charge is 2.10. The van der Waals surface area contributed by atoms with E-state index in [0.29, 0.717) is 18.6 Å². The summed E-state index contributed by atoms with van der Waals surface area (Å²) in [6, 6.07) is 9.63. The maximum atomic E-state index is 13.1. The SMILES string of the molecule is O=C(NCCc1ccc(O)cc1)c1cn2cc(F)ccc2n1. The summed E-state index contributed by atoms with van der Waals surface area (Å²) < 4.78 is 14.6. The monoisotopic (exact) mass is 299 g/mol. The number of rotatable bonds is 4. The van der Waals surface area contributed by atoms with Crippen LogP contribution < -0.4 is 5.32 Å². The van der Waals surface area contributed by atoms with Gasteiger partial charge in [0.2, 0.25) is 0 Å². The largest absolute Gasteiger partial charge is 0.508 e. The van der Waals surface area contributed by atoms with Gasteiger partial charge in [-0.05, 0) is 36.2 Å². The Balaban J connectivity index is 1.62. The van der Waals surface area contributed by atoms with Gasteiger partial charge in [-0.2, -0.15) is 0 Å². The molecule has 0 atom stereocenters. The summed E-state index contributed by atoms with van der Waals surface area (Å²) in [7, 11) is 0. The quantitative estimate of drug-likeness (QED) is 0.776. The Hall–Kier alpha value is -2.89. The molecule has 0 saturated carbocycles. The molecular weight excluding hydrogens is 285 g/mol. The summed E-state index contributed by atoms with van der Waals surface area (Å²) in [5, 5.41) is 12.0. The van der Waals surface area contributed by atoms with Crippen molar-refractivity contribution >= 4 is 11.6 Å². The zero-order valence-electron chi connectivity index (χ0n) is 11.7. The number of aromatic nitrogens is 2. The number of phenolic OH excluding ortho intramolecular Hbond substituents is 1. The first-order chi connectivity index (χ1) is 10.6. The first-order valence-electron chi connectivity index (χ1n) is 6.82. The molecule has 0 radical (unpaired) electrons. The van der Waals surface area contributed by atoms with Crippen LogP contribution in [-0.4, -0.2) is 26.9 Å². The van der Waals surface area contributed by atoms with Crippen LogP contribution in [-0.2, 0) is 6.42 Å². The Morgan fingerprint density at radius 3 is 2.73 bits per heavy atom. The third kappa shape index (κ3) is 3.06. The van der Waals surface area contributed by atoms with Crippen LogP contribution >= 0.6 is 0 Å². The number of carbonyl (C=O) groups is 1. The average molecular weight is 299 g/mol. The molecule has 6 heteroatoms. The van der Waals surface area contributed by atoms with E-state index in [1.165, 1.54) is 28.9 Å². The second-order valence-electron chi connectivity index (χ2n) is 4.91.